The summed E-state index contributed by atoms with van der Waals surface area (Å²) < 4.78 is 0. The van der Waals surface area contributed by atoms with Crippen LogP contribution < -0.4 is 16.6 Å². The molecule has 1 aliphatic rings. The molecule has 1 fully saturated rings. The molecule has 0 atom stereocenters. The van der Waals surface area contributed by atoms with Gasteiger partial charge in [0.1, 0.15) is 0 Å². The summed E-state index contributed by atoms with van der Waals surface area (Å²) in [4.78, 5) is 26.6. The van der Waals surface area contributed by atoms with Crippen LogP contribution in [0.4, 0.5) is 0 Å². The quantitative estimate of drug-likeness (QED) is 0.431. The summed E-state index contributed by atoms with van der Waals surface area (Å²) >= 11 is 0. The van der Waals surface area contributed by atoms with Gasteiger partial charge in [-0.15, -0.1) is 0 Å². The molecule has 0 unspecified atom stereocenters. The third kappa shape index (κ3) is 5.28. The number of nitrogens with two attached hydrogens (primary N) is 1. The third-order valence-corrected chi connectivity index (χ3v) is 4.63. The fourth-order valence-electron chi connectivity index (χ4n) is 3.98. The van der Waals surface area contributed by atoms with Crippen LogP contribution in [0.25, 0.3) is 0 Å². The van der Waals surface area contributed by atoms with Crippen LogP contribution in [0.1, 0.15) is 57.3 Å². The summed E-state index contributed by atoms with van der Waals surface area (Å²) in [6.07, 6.45) is 1.86. The Morgan fingerprint density at radius 3 is 2.24 bits per heavy atom. The van der Waals surface area contributed by atoms with E-state index in [1.807, 2.05) is 35.2 Å². The standard InChI is InChI=1S/C19H30N4O2/c1-18(2)12-15(13-19(3,4)22-18)23(11-10-16(24)21-20)17(25)14-8-6-5-7-9-14/h5-9,15,22H,10-13,20H2,1-4H3,(H,21,24). The Balaban J connectivity index is 2.27. The minimum atomic E-state index is -0.265. The minimum Gasteiger partial charge on any atom is -0.335 e. The van der Waals surface area contributed by atoms with Crippen LogP contribution in [0.3, 0.4) is 0 Å². The van der Waals surface area contributed by atoms with E-state index in [0.29, 0.717) is 12.1 Å². The fraction of sp³-hybridized carbons (Fsp3) is 0.579. The maximum atomic E-state index is 13.1. The van der Waals surface area contributed by atoms with Gasteiger partial charge >= 0.3 is 0 Å². The number of carbonyl (C=O) groups excluding carboxylic acids is 2. The Bertz CT molecular complexity index is 597. The van der Waals surface area contributed by atoms with Crippen LogP contribution in [0.15, 0.2) is 30.3 Å². The highest BCUT2D eigenvalue weighted by molar-refractivity contribution is 5.94. The summed E-state index contributed by atoms with van der Waals surface area (Å²) in [5.41, 5.74) is 2.62. The number of hydrogen-bond donors (Lipinski definition) is 3. The Morgan fingerprint density at radius 2 is 1.72 bits per heavy atom. The SMILES string of the molecule is CC1(C)CC(N(CCC(=O)NN)C(=O)c2ccccc2)CC(C)(C)N1. The molecule has 0 bridgehead atoms. The Labute approximate surface area is 150 Å². The van der Waals surface area contributed by atoms with Gasteiger partial charge in [-0.05, 0) is 52.7 Å². The lowest BCUT2D eigenvalue weighted by Gasteiger charge is -2.49. The zero-order valence-electron chi connectivity index (χ0n) is 15.6. The summed E-state index contributed by atoms with van der Waals surface area (Å²) in [6.45, 7) is 8.96. The van der Waals surface area contributed by atoms with Crippen molar-refractivity contribution in [2.45, 2.75) is 64.1 Å². The van der Waals surface area contributed by atoms with Gasteiger partial charge in [-0.25, -0.2) is 5.84 Å². The van der Waals surface area contributed by atoms with Crippen LogP contribution in [0, 0.1) is 0 Å². The minimum absolute atomic E-state index is 0.0380. The second kappa shape index (κ2) is 7.54. The van der Waals surface area contributed by atoms with E-state index in [2.05, 4.69) is 38.4 Å². The summed E-state index contributed by atoms with van der Waals surface area (Å²) in [5.74, 6) is 4.89. The summed E-state index contributed by atoms with van der Waals surface area (Å²) in [6, 6.07) is 9.29. The van der Waals surface area contributed by atoms with E-state index in [9.17, 15) is 9.59 Å². The van der Waals surface area contributed by atoms with Crippen LogP contribution in [-0.2, 0) is 4.79 Å². The van der Waals surface area contributed by atoms with Gasteiger partial charge < -0.3 is 10.2 Å². The van der Waals surface area contributed by atoms with Gasteiger partial charge in [-0.1, -0.05) is 18.2 Å². The highest BCUT2D eigenvalue weighted by atomic mass is 16.2. The molecule has 0 aromatic heterocycles. The lowest BCUT2D eigenvalue weighted by atomic mass is 9.78. The van der Waals surface area contributed by atoms with E-state index < -0.39 is 0 Å². The molecule has 1 saturated heterocycles. The molecule has 2 amide bonds. The van der Waals surface area contributed by atoms with Crippen molar-refractivity contribution in [2.75, 3.05) is 6.54 Å². The Kier molecular flexibility index (Phi) is 5.85. The van der Waals surface area contributed by atoms with Crippen molar-refractivity contribution in [3.05, 3.63) is 35.9 Å². The molecular weight excluding hydrogens is 316 g/mol. The summed E-state index contributed by atoms with van der Waals surface area (Å²) in [5, 5.41) is 3.63. The van der Waals surface area contributed by atoms with Gasteiger partial charge in [0.25, 0.3) is 5.91 Å². The van der Waals surface area contributed by atoms with Crippen LogP contribution >= 0.6 is 0 Å². The van der Waals surface area contributed by atoms with Gasteiger partial charge in [0.05, 0.1) is 0 Å². The number of rotatable bonds is 5. The first kappa shape index (κ1) is 19.4. The van der Waals surface area contributed by atoms with Crippen LogP contribution in [-0.4, -0.2) is 40.4 Å². The molecule has 0 aliphatic carbocycles. The van der Waals surface area contributed by atoms with Crippen molar-refractivity contribution in [3.63, 3.8) is 0 Å². The molecule has 6 heteroatoms. The first-order valence-corrected chi connectivity index (χ1v) is 8.78. The van der Waals surface area contributed by atoms with Gasteiger partial charge in [0.15, 0.2) is 0 Å². The summed E-state index contributed by atoms with van der Waals surface area (Å²) in [7, 11) is 0. The van der Waals surface area contributed by atoms with Crippen molar-refractivity contribution in [3.8, 4) is 0 Å². The predicted molar refractivity (Wildman–Crippen MR) is 98.7 cm³/mol. The highest BCUT2D eigenvalue weighted by Gasteiger charge is 2.41. The lowest BCUT2D eigenvalue weighted by molar-refractivity contribution is -0.121. The van der Waals surface area contributed by atoms with E-state index in [1.54, 1.807) is 0 Å². The number of carbonyl (C=O) groups is 2. The monoisotopic (exact) mass is 346 g/mol. The van der Waals surface area contributed by atoms with E-state index in [1.165, 1.54) is 0 Å². The maximum Gasteiger partial charge on any atom is 0.254 e. The molecule has 0 spiro atoms. The van der Waals surface area contributed by atoms with Crippen LogP contribution in [0.2, 0.25) is 0 Å². The van der Waals surface area contributed by atoms with Crippen molar-refractivity contribution in [1.82, 2.24) is 15.6 Å². The van der Waals surface area contributed by atoms with Crippen molar-refractivity contribution >= 4 is 11.8 Å². The molecule has 1 aliphatic heterocycles. The lowest BCUT2D eigenvalue weighted by Crippen LogP contribution is -2.63. The second-order valence-corrected chi connectivity index (χ2v) is 8.14. The molecule has 6 nitrogen and oxygen atoms in total. The Morgan fingerprint density at radius 1 is 1.16 bits per heavy atom. The number of piperidine rings is 1. The maximum absolute atomic E-state index is 13.1. The van der Waals surface area contributed by atoms with Gasteiger partial charge in [0.2, 0.25) is 5.91 Å². The molecular formula is C19H30N4O2. The predicted octanol–water partition coefficient (Wildman–Crippen LogP) is 1.82. The average molecular weight is 346 g/mol. The largest absolute Gasteiger partial charge is 0.335 e. The van der Waals surface area contributed by atoms with Gasteiger partial charge in [-0.2, -0.15) is 0 Å². The van der Waals surface area contributed by atoms with Crippen molar-refractivity contribution in [1.29, 1.82) is 0 Å². The third-order valence-electron chi connectivity index (χ3n) is 4.63. The molecule has 1 aromatic carbocycles. The van der Waals surface area contributed by atoms with Gasteiger partial charge in [-0.3, -0.25) is 15.0 Å². The molecule has 0 radical (unpaired) electrons. The number of hydrazine groups is 1. The van der Waals surface area contributed by atoms with Crippen molar-refractivity contribution < 1.29 is 9.59 Å². The first-order valence-electron chi connectivity index (χ1n) is 8.78. The highest BCUT2D eigenvalue weighted by Crippen LogP contribution is 2.32. The second-order valence-electron chi connectivity index (χ2n) is 8.14. The zero-order valence-corrected chi connectivity index (χ0v) is 15.6. The topological polar surface area (TPSA) is 87.5 Å². The molecule has 2 rings (SSSR count). The number of hydrogen-bond acceptors (Lipinski definition) is 4. The number of amides is 2. The molecule has 1 aromatic rings. The normalized spacial score (nSPS) is 19.2. The van der Waals surface area contributed by atoms with E-state index in [4.69, 9.17) is 5.84 Å². The van der Waals surface area contributed by atoms with E-state index in [0.717, 1.165) is 12.8 Å². The number of nitrogens with zero attached hydrogens (tertiary/aromatic N) is 1. The zero-order chi connectivity index (χ0) is 18.7. The van der Waals surface area contributed by atoms with E-state index in [-0.39, 0.29) is 35.4 Å². The number of benzene rings is 1. The molecule has 0 saturated carbocycles. The molecule has 25 heavy (non-hydrogen) atoms. The first-order chi connectivity index (χ1) is 11.6. The van der Waals surface area contributed by atoms with Gasteiger partial charge in [0, 0.05) is 35.6 Å². The smallest absolute Gasteiger partial charge is 0.254 e. The van der Waals surface area contributed by atoms with E-state index >= 15 is 0 Å². The Hall–Kier alpha value is -1.92. The number of nitrogens with one attached hydrogen (secondary N) is 2. The van der Waals surface area contributed by atoms with Crippen LogP contribution in [0.5, 0.6) is 0 Å². The molecule has 138 valence electrons. The molecule has 4 N–H and O–H groups in total. The fourth-order valence-corrected chi connectivity index (χ4v) is 3.98. The van der Waals surface area contributed by atoms with Crippen molar-refractivity contribution in [2.24, 2.45) is 5.84 Å². The average Bonchev–Trinajstić information content (AvgIpc) is 2.52. The molecule has 1 heterocycles.